The summed E-state index contributed by atoms with van der Waals surface area (Å²) in [4.78, 5) is 11.7. The summed E-state index contributed by atoms with van der Waals surface area (Å²) in [6.45, 7) is 4.79. The molecule has 2 N–H and O–H groups in total. The number of nitrogens with one attached hydrogen (secondary N) is 2. The Bertz CT molecular complexity index is 382. The number of unbranched alkanes of at least 4 members (excludes halogenated alkanes) is 1. The standard InChI is InChI=1S/C16H26N2O2/c1-2-3-11-20-16(19)18-15-6-4-5-14(12-15)13-7-9-17-10-8-13/h6,12-13,17H,2-5,7-11H2,1H3,(H,18,19). The van der Waals surface area contributed by atoms with E-state index in [-0.39, 0.29) is 6.09 Å². The molecule has 4 heteroatoms. The van der Waals surface area contributed by atoms with Gasteiger partial charge in [0.15, 0.2) is 0 Å². The van der Waals surface area contributed by atoms with E-state index < -0.39 is 0 Å². The van der Waals surface area contributed by atoms with E-state index in [0.717, 1.165) is 44.5 Å². The Kier molecular flexibility index (Phi) is 6.12. The molecule has 0 spiro atoms. The highest BCUT2D eigenvalue weighted by atomic mass is 16.5. The van der Waals surface area contributed by atoms with Crippen LogP contribution in [0.4, 0.5) is 4.79 Å². The van der Waals surface area contributed by atoms with Gasteiger partial charge in [0.2, 0.25) is 0 Å². The summed E-state index contributed by atoms with van der Waals surface area (Å²) < 4.78 is 5.14. The Balaban J connectivity index is 1.83. The van der Waals surface area contributed by atoms with E-state index in [1.54, 1.807) is 0 Å². The first kappa shape index (κ1) is 15.1. The monoisotopic (exact) mass is 278 g/mol. The van der Waals surface area contributed by atoms with Crippen LogP contribution < -0.4 is 10.6 Å². The van der Waals surface area contributed by atoms with E-state index in [2.05, 4.69) is 29.7 Å². The van der Waals surface area contributed by atoms with Gasteiger partial charge >= 0.3 is 6.09 Å². The molecule has 0 aromatic rings. The highest BCUT2D eigenvalue weighted by Crippen LogP contribution is 2.28. The Morgan fingerprint density at radius 2 is 2.25 bits per heavy atom. The molecule has 0 bridgehead atoms. The van der Waals surface area contributed by atoms with Crippen molar-refractivity contribution in [2.75, 3.05) is 19.7 Å². The maximum Gasteiger partial charge on any atom is 0.411 e. The molecule has 0 aromatic heterocycles. The lowest BCUT2D eigenvalue weighted by atomic mass is 9.85. The number of ether oxygens (including phenoxy) is 1. The first-order chi connectivity index (χ1) is 9.79. The third-order valence-electron chi connectivity index (χ3n) is 3.98. The molecule has 1 aliphatic heterocycles. The van der Waals surface area contributed by atoms with Crippen LogP contribution in [0.2, 0.25) is 0 Å². The number of carbonyl (C=O) groups is 1. The van der Waals surface area contributed by atoms with E-state index in [1.807, 2.05) is 0 Å². The van der Waals surface area contributed by atoms with Crippen molar-refractivity contribution in [2.24, 2.45) is 5.92 Å². The fourth-order valence-corrected chi connectivity index (χ4v) is 2.79. The Labute approximate surface area is 121 Å². The van der Waals surface area contributed by atoms with Gasteiger partial charge in [0.1, 0.15) is 0 Å². The summed E-state index contributed by atoms with van der Waals surface area (Å²) in [7, 11) is 0. The van der Waals surface area contributed by atoms with Gasteiger partial charge in [-0.2, -0.15) is 0 Å². The van der Waals surface area contributed by atoms with E-state index in [1.165, 1.54) is 18.4 Å². The number of amides is 1. The number of hydrogen-bond acceptors (Lipinski definition) is 3. The number of allylic oxidation sites excluding steroid dienone is 3. The van der Waals surface area contributed by atoms with E-state index in [4.69, 9.17) is 4.74 Å². The Morgan fingerprint density at radius 1 is 1.45 bits per heavy atom. The predicted molar refractivity (Wildman–Crippen MR) is 80.4 cm³/mol. The fourth-order valence-electron chi connectivity index (χ4n) is 2.79. The minimum Gasteiger partial charge on any atom is -0.449 e. The zero-order valence-corrected chi connectivity index (χ0v) is 12.4. The SMILES string of the molecule is CCCCOC(=O)NC1=CCCC(C2CCNCC2)=C1. The fraction of sp³-hybridized carbons (Fsp3) is 0.688. The number of hydrogen-bond donors (Lipinski definition) is 2. The molecule has 0 atom stereocenters. The molecule has 1 aliphatic carbocycles. The molecule has 0 saturated carbocycles. The van der Waals surface area contributed by atoms with Crippen molar-refractivity contribution >= 4 is 6.09 Å². The maximum absolute atomic E-state index is 11.7. The van der Waals surface area contributed by atoms with Crippen LogP contribution in [0.1, 0.15) is 45.4 Å². The van der Waals surface area contributed by atoms with Crippen LogP contribution in [0.5, 0.6) is 0 Å². The van der Waals surface area contributed by atoms with Crippen molar-refractivity contribution in [1.82, 2.24) is 10.6 Å². The molecule has 1 amide bonds. The average Bonchev–Trinajstić information content (AvgIpc) is 2.49. The van der Waals surface area contributed by atoms with Crippen molar-refractivity contribution in [3.63, 3.8) is 0 Å². The van der Waals surface area contributed by atoms with Gasteiger partial charge in [0.25, 0.3) is 0 Å². The maximum atomic E-state index is 11.7. The zero-order valence-electron chi connectivity index (χ0n) is 12.4. The summed E-state index contributed by atoms with van der Waals surface area (Å²) in [6.07, 6.45) is 10.4. The van der Waals surface area contributed by atoms with E-state index in [9.17, 15) is 4.79 Å². The summed E-state index contributed by atoms with van der Waals surface area (Å²) in [5, 5.41) is 6.25. The average molecular weight is 278 g/mol. The summed E-state index contributed by atoms with van der Waals surface area (Å²) in [6, 6.07) is 0. The van der Waals surface area contributed by atoms with Crippen molar-refractivity contribution in [2.45, 2.75) is 45.4 Å². The number of alkyl carbamates (subject to hydrolysis) is 1. The smallest absolute Gasteiger partial charge is 0.411 e. The molecule has 2 rings (SSSR count). The third kappa shape index (κ3) is 4.67. The van der Waals surface area contributed by atoms with E-state index in [0.29, 0.717) is 12.5 Å². The molecule has 4 nitrogen and oxygen atoms in total. The number of rotatable bonds is 5. The minimum atomic E-state index is -0.326. The van der Waals surface area contributed by atoms with Crippen LogP contribution in [-0.2, 0) is 4.74 Å². The number of piperidine rings is 1. The van der Waals surface area contributed by atoms with Gasteiger partial charge in [-0.15, -0.1) is 0 Å². The van der Waals surface area contributed by atoms with Crippen molar-refractivity contribution in [3.8, 4) is 0 Å². The van der Waals surface area contributed by atoms with Crippen LogP contribution >= 0.6 is 0 Å². The van der Waals surface area contributed by atoms with Gasteiger partial charge in [-0.3, -0.25) is 5.32 Å². The molecule has 20 heavy (non-hydrogen) atoms. The molecule has 0 aromatic carbocycles. The summed E-state index contributed by atoms with van der Waals surface area (Å²) in [5.74, 6) is 0.679. The largest absolute Gasteiger partial charge is 0.449 e. The lowest BCUT2D eigenvalue weighted by molar-refractivity contribution is 0.147. The molecule has 1 heterocycles. The van der Waals surface area contributed by atoms with Crippen LogP contribution in [0.15, 0.2) is 23.4 Å². The predicted octanol–water partition coefficient (Wildman–Crippen LogP) is 3.12. The van der Waals surface area contributed by atoms with Crippen molar-refractivity contribution < 1.29 is 9.53 Å². The zero-order chi connectivity index (χ0) is 14.2. The van der Waals surface area contributed by atoms with Gasteiger partial charge in [-0.1, -0.05) is 25.0 Å². The minimum absolute atomic E-state index is 0.326. The Hall–Kier alpha value is -1.29. The Morgan fingerprint density at radius 3 is 3.00 bits per heavy atom. The van der Waals surface area contributed by atoms with Crippen molar-refractivity contribution in [3.05, 3.63) is 23.4 Å². The van der Waals surface area contributed by atoms with Crippen LogP contribution in [0.3, 0.4) is 0 Å². The van der Waals surface area contributed by atoms with Crippen LogP contribution in [0.25, 0.3) is 0 Å². The van der Waals surface area contributed by atoms with Crippen LogP contribution in [0, 0.1) is 5.92 Å². The van der Waals surface area contributed by atoms with Gasteiger partial charge in [-0.05, 0) is 57.2 Å². The van der Waals surface area contributed by atoms with Crippen molar-refractivity contribution in [1.29, 1.82) is 0 Å². The normalized spacial score (nSPS) is 20.1. The lowest BCUT2D eigenvalue weighted by Gasteiger charge is -2.27. The highest BCUT2D eigenvalue weighted by molar-refractivity contribution is 5.70. The molecule has 2 aliphatic rings. The topological polar surface area (TPSA) is 50.4 Å². The molecule has 1 saturated heterocycles. The van der Waals surface area contributed by atoms with E-state index >= 15 is 0 Å². The highest BCUT2D eigenvalue weighted by Gasteiger charge is 2.19. The molecule has 0 unspecified atom stereocenters. The second kappa shape index (κ2) is 8.10. The second-order valence-corrected chi connectivity index (χ2v) is 5.56. The van der Waals surface area contributed by atoms with Gasteiger partial charge in [0, 0.05) is 5.70 Å². The first-order valence-corrected chi connectivity index (χ1v) is 7.84. The third-order valence-corrected chi connectivity index (χ3v) is 3.98. The lowest BCUT2D eigenvalue weighted by Crippen LogP contribution is -2.30. The van der Waals surface area contributed by atoms with Gasteiger partial charge in [0.05, 0.1) is 6.61 Å². The molecular formula is C16H26N2O2. The quantitative estimate of drug-likeness (QED) is 0.760. The first-order valence-electron chi connectivity index (χ1n) is 7.84. The molecular weight excluding hydrogens is 252 g/mol. The molecule has 1 fully saturated rings. The summed E-state index contributed by atoms with van der Waals surface area (Å²) >= 11 is 0. The second-order valence-electron chi connectivity index (χ2n) is 5.56. The number of carbonyl (C=O) groups excluding carboxylic acids is 1. The molecule has 0 radical (unpaired) electrons. The molecule has 112 valence electrons. The summed E-state index contributed by atoms with van der Waals surface area (Å²) in [5.41, 5.74) is 2.39. The van der Waals surface area contributed by atoms with Crippen LogP contribution in [-0.4, -0.2) is 25.8 Å². The van der Waals surface area contributed by atoms with Gasteiger partial charge < -0.3 is 10.1 Å². The van der Waals surface area contributed by atoms with Gasteiger partial charge in [-0.25, -0.2) is 4.79 Å².